The Bertz CT molecular complexity index is 1380. The molecule has 9 heteroatoms. The van der Waals surface area contributed by atoms with E-state index in [9.17, 15) is 0 Å². The first kappa shape index (κ1) is 21.9. The average Bonchev–Trinajstić information content (AvgIpc) is 2.87. The summed E-state index contributed by atoms with van der Waals surface area (Å²) in [5.74, 6) is 3.44. The van der Waals surface area contributed by atoms with Crippen molar-refractivity contribution in [2.75, 3.05) is 47.8 Å². The summed E-state index contributed by atoms with van der Waals surface area (Å²) in [6.07, 6.45) is 0. The van der Waals surface area contributed by atoms with Gasteiger partial charge in [0.05, 0.1) is 16.4 Å². The highest BCUT2D eigenvalue weighted by Gasteiger charge is 2.23. The molecule has 4 aromatic rings. The summed E-state index contributed by atoms with van der Waals surface area (Å²) in [7, 11) is 7.31. The Hall–Kier alpha value is -3.91. The summed E-state index contributed by atoms with van der Waals surface area (Å²) in [6, 6.07) is 20.3. The lowest BCUT2D eigenvalue weighted by atomic mass is 10.2. The fraction of sp³-hybridized carbons (Fsp3) is 0.160. The second-order valence-corrected chi connectivity index (χ2v) is 8.43. The van der Waals surface area contributed by atoms with Crippen LogP contribution < -0.4 is 19.6 Å². The van der Waals surface area contributed by atoms with Gasteiger partial charge in [0.1, 0.15) is 34.9 Å². The van der Waals surface area contributed by atoms with E-state index in [1.54, 1.807) is 36.0 Å². The Morgan fingerprint density at radius 1 is 0.559 bits per heavy atom. The van der Waals surface area contributed by atoms with Gasteiger partial charge in [-0.1, -0.05) is 29.8 Å². The highest BCUT2D eigenvalue weighted by atomic mass is 35.5. The number of anilines is 8. The van der Waals surface area contributed by atoms with E-state index in [0.29, 0.717) is 34.8 Å². The summed E-state index contributed by atoms with van der Waals surface area (Å²) in [4.78, 5) is 21.5. The minimum absolute atomic E-state index is 0.235. The van der Waals surface area contributed by atoms with Gasteiger partial charge >= 0.3 is 0 Å². The van der Waals surface area contributed by atoms with Gasteiger partial charge in [0.15, 0.2) is 5.82 Å². The van der Waals surface area contributed by atoms with Crippen LogP contribution in [0.1, 0.15) is 0 Å². The minimum Gasteiger partial charge on any atom is -0.327 e. The summed E-state index contributed by atoms with van der Waals surface area (Å²) in [6.45, 7) is 0. The van der Waals surface area contributed by atoms with Crippen molar-refractivity contribution in [1.29, 1.82) is 0 Å². The first-order chi connectivity index (χ1) is 16.3. The Morgan fingerprint density at radius 3 is 1.38 bits per heavy atom. The fourth-order valence-electron chi connectivity index (χ4n) is 3.93. The van der Waals surface area contributed by atoms with Crippen LogP contribution in [0.25, 0.3) is 0 Å². The molecule has 1 aromatic carbocycles. The number of fused-ring (bicyclic) bond motifs is 8. The molecule has 3 aromatic heterocycles. The van der Waals surface area contributed by atoms with E-state index in [0.717, 1.165) is 5.82 Å². The number of benzene rings is 1. The van der Waals surface area contributed by atoms with Gasteiger partial charge in [-0.05, 0) is 48.5 Å². The molecule has 172 valence electrons. The van der Waals surface area contributed by atoms with Crippen LogP contribution in [0.5, 0.6) is 0 Å². The third kappa shape index (κ3) is 3.66. The zero-order valence-electron chi connectivity index (χ0n) is 19.2. The van der Waals surface area contributed by atoms with Crippen molar-refractivity contribution in [2.45, 2.75) is 0 Å². The van der Waals surface area contributed by atoms with Crippen LogP contribution >= 0.6 is 11.6 Å². The molecule has 5 rings (SSSR count). The second-order valence-electron chi connectivity index (χ2n) is 8.03. The molecule has 0 saturated carbocycles. The van der Waals surface area contributed by atoms with Crippen molar-refractivity contribution < 1.29 is 4.39 Å². The van der Waals surface area contributed by atoms with E-state index in [1.165, 1.54) is 0 Å². The molecular formula is C25H23ClFN7. The monoisotopic (exact) mass is 475 g/mol. The van der Waals surface area contributed by atoms with Crippen LogP contribution in [-0.4, -0.2) is 43.1 Å². The van der Waals surface area contributed by atoms with Crippen LogP contribution in [0.15, 0.2) is 66.7 Å². The number of rotatable bonds is 0. The maximum atomic E-state index is 15.9. The van der Waals surface area contributed by atoms with Crippen LogP contribution in [0.2, 0.25) is 5.02 Å². The molecule has 0 N–H and O–H groups in total. The molecule has 0 saturated heterocycles. The van der Waals surface area contributed by atoms with Gasteiger partial charge in [0, 0.05) is 28.2 Å². The Balaban J connectivity index is 1.77. The number of halogens is 2. The molecule has 1 aliphatic heterocycles. The molecule has 7 nitrogen and oxygen atoms in total. The normalized spacial score (nSPS) is 13.4. The average molecular weight is 476 g/mol. The lowest BCUT2D eigenvalue weighted by Gasteiger charge is -2.27. The van der Waals surface area contributed by atoms with Crippen molar-refractivity contribution in [3.8, 4) is 0 Å². The summed E-state index contributed by atoms with van der Waals surface area (Å²) in [5.41, 5.74) is 0.581. The quantitative estimate of drug-likeness (QED) is 0.307. The number of nitrogens with zero attached hydrogens (tertiary/aromatic N) is 7. The zero-order valence-corrected chi connectivity index (χ0v) is 20.0. The smallest absolute Gasteiger partial charge is 0.172 e. The number of hydrogen-bond acceptors (Lipinski definition) is 7. The van der Waals surface area contributed by atoms with Gasteiger partial charge in [-0.25, -0.2) is 19.3 Å². The molecule has 0 radical (unpaired) electrons. The van der Waals surface area contributed by atoms with Gasteiger partial charge in [-0.15, -0.1) is 0 Å². The van der Waals surface area contributed by atoms with Gasteiger partial charge in [0.25, 0.3) is 0 Å². The highest BCUT2D eigenvalue weighted by molar-refractivity contribution is 6.33. The molecule has 0 atom stereocenters. The standard InChI is InChI=1S/C25H23ClFN7/c1-31-17-15-14-16(26)25(24(17)27)34(4)23-13-7-12-22(30-23)33(3)21-11-6-10-20(29-21)32(2)19-9-5-8-18(31)28-19/h5-15H,1-4H3. The third-order valence-electron chi connectivity index (χ3n) is 5.96. The summed E-state index contributed by atoms with van der Waals surface area (Å²) < 4.78 is 15.9. The fourth-order valence-corrected chi connectivity index (χ4v) is 4.20. The lowest BCUT2D eigenvalue weighted by molar-refractivity contribution is 0.627. The largest absolute Gasteiger partial charge is 0.327 e. The molecule has 1 aliphatic rings. The van der Waals surface area contributed by atoms with Gasteiger partial charge in [-0.2, -0.15) is 0 Å². The molecule has 0 aliphatic carbocycles. The van der Waals surface area contributed by atoms with Crippen molar-refractivity contribution in [3.05, 3.63) is 77.6 Å². The first-order valence-electron chi connectivity index (χ1n) is 10.7. The molecule has 4 heterocycles. The first-order valence-corrected chi connectivity index (χ1v) is 11.1. The molecule has 0 amide bonds. The number of aromatic nitrogens is 3. The second kappa shape index (κ2) is 8.46. The van der Waals surface area contributed by atoms with Crippen LogP contribution in [0.3, 0.4) is 0 Å². The lowest BCUT2D eigenvalue weighted by Crippen LogP contribution is -2.21. The minimum atomic E-state index is -0.461. The van der Waals surface area contributed by atoms with E-state index in [2.05, 4.69) is 0 Å². The van der Waals surface area contributed by atoms with Crippen LogP contribution in [-0.2, 0) is 0 Å². The Morgan fingerprint density at radius 2 is 0.941 bits per heavy atom. The number of pyridine rings is 3. The van der Waals surface area contributed by atoms with E-state index in [1.807, 2.05) is 78.5 Å². The number of hydrogen-bond donors (Lipinski definition) is 0. The van der Waals surface area contributed by atoms with Crippen LogP contribution in [0, 0.1) is 5.82 Å². The predicted octanol–water partition coefficient (Wildman–Crippen LogP) is 6.05. The van der Waals surface area contributed by atoms with Crippen molar-refractivity contribution in [3.63, 3.8) is 0 Å². The van der Waals surface area contributed by atoms with Crippen molar-refractivity contribution >= 4 is 57.9 Å². The van der Waals surface area contributed by atoms with Crippen molar-refractivity contribution in [2.24, 2.45) is 0 Å². The molecular weight excluding hydrogens is 453 g/mol. The maximum absolute atomic E-state index is 15.9. The highest BCUT2D eigenvalue weighted by Crippen LogP contribution is 2.39. The topological polar surface area (TPSA) is 51.6 Å². The Labute approximate surface area is 202 Å². The molecule has 8 bridgehead atoms. The maximum Gasteiger partial charge on any atom is 0.172 e. The Kier molecular flexibility index (Phi) is 5.45. The van der Waals surface area contributed by atoms with E-state index in [4.69, 9.17) is 26.6 Å². The summed E-state index contributed by atoms with van der Waals surface area (Å²) >= 11 is 6.48. The van der Waals surface area contributed by atoms with E-state index >= 15 is 4.39 Å². The third-order valence-corrected chi connectivity index (χ3v) is 6.27. The van der Waals surface area contributed by atoms with Gasteiger partial charge in [-0.3, -0.25) is 0 Å². The molecule has 0 spiro atoms. The molecule has 34 heavy (non-hydrogen) atoms. The molecule has 0 fully saturated rings. The van der Waals surface area contributed by atoms with Gasteiger partial charge in [0.2, 0.25) is 0 Å². The predicted molar refractivity (Wildman–Crippen MR) is 136 cm³/mol. The summed E-state index contributed by atoms with van der Waals surface area (Å²) in [5, 5.41) is 0.287. The van der Waals surface area contributed by atoms with Gasteiger partial charge < -0.3 is 19.6 Å². The van der Waals surface area contributed by atoms with E-state index < -0.39 is 5.82 Å². The SMILES string of the molecule is CN1c2cccc(n2)N(C)c2cccc(n2)N(C)c2c(Cl)ccc(c2F)N(C)c2cccc1n2. The zero-order chi connectivity index (χ0) is 24.0. The van der Waals surface area contributed by atoms with Crippen LogP contribution in [0.4, 0.5) is 50.7 Å². The van der Waals surface area contributed by atoms with E-state index in [-0.39, 0.29) is 10.7 Å². The molecule has 0 unspecified atom stereocenters. The van der Waals surface area contributed by atoms with Crippen molar-refractivity contribution in [1.82, 2.24) is 15.0 Å².